The Kier molecular flexibility index (Phi) is 5.74. The minimum Gasteiger partial charge on any atom is -0.348 e. The zero-order valence-corrected chi connectivity index (χ0v) is 18.9. The number of benzene rings is 3. The number of hydrogen-bond acceptors (Lipinski definition) is 5. The highest BCUT2D eigenvalue weighted by molar-refractivity contribution is 6.05. The molecule has 3 aromatic carbocycles. The molecule has 168 valence electrons. The van der Waals surface area contributed by atoms with Gasteiger partial charge in [0.15, 0.2) is 0 Å². The average Bonchev–Trinajstić information content (AvgIpc) is 3.28. The van der Waals surface area contributed by atoms with Gasteiger partial charge in [0.2, 0.25) is 5.95 Å². The molecule has 0 bridgehead atoms. The number of imidazole rings is 1. The molecule has 2 heterocycles. The first-order valence-corrected chi connectivity index (χ1v) is 11.1. The van der Waals surface area contributed by atoms with Crippen LogP contribution >= 0.6 is 0 Å². The van der Waals surface area contributed by atoms with Crippen molar-refractivity contribution >= 4 is 28.6 Å². The molecular weight excluding hydrogens is 424 g/mol. The van der Waals surface area contributed by atoms with Crippen molar-refractivity contribution in [1.29, 1.82) is 0 Å². The number of fused-ring (bicyclic) bond motifs is 1. The lowest BCUT2D eigenvalue weighted by atomic mass is 10.1. The number of nitrogens with one attached hydrogen (secondary N) is 2. The number of nitrogens with zero attached hydrogens (tertiary/aromatic N) is 4. The molecule has 0 aliphatic rings. The third kappa shape index (κ3) is 4.49. The fraction of sp³-hybridized carbons (Fsp3) is 0.111. The first kappa shape index (κ1) is 21.3. The van der Waals surface area contributed by atoms with Crippen LogP contribution < -0.4 is 10.6 Å². The number of carbonyl (C=O) groups excluding carboxylic acids is 1. The molecule has 7 nitrogen and oxygen atoms in total. The predicted octanol–water partition coefficient (Wildman–Crippen LogP) is 5.55. The molecule has 2 aromatic heterocycles. The van der Waals surface area contributed by atoms with Gasteiger partial charge in [0.05, 0.1) is 17.1 Å². The first-order chi connectivity index (χ1) is 16.6. The van der Waals surface area contributed by atoms with Crippen LogP contribution in [0.3, 0.4) is 0 Å². The Balaban J connectivity index is 1.36. The molecule has 34 heavy (non-hydrogen) atoms. The summed E-state index contributed by atoms with van der Waals surface area (Å²) in [4.78, 5) is 26.1. The molecule has 0 saturated heterocycles. The molecule has 1 amide bonds. The van der Waals surface area contributed by atoms with Crippen LogP contribution in [0.1, 0.15) is 34.5 Å². The summed E-state index contributed by atoms with van der Waals surface area (Å²) in [5, 5.41) is 6.30. The maximum Gasteiger partial charge on any atom is 0.255 e. The molecule has 7 heteroatoms. The SMILES string of the molecule is Cc1ccc(C(=O)Nc2ccc3c(c2)ncn3-c2ccnc(N[C@@H](C)c3ccccc3)n2)cc1. The van der Waals surface area contributed by atoms with Crippen LogP contribution in [0.2, 0.25) is 0 Å². The van der Waals surface area contributed by atoms with Crippen molar-refractivity contribution in [2.45, 2.75) is 19.9 Å². The van der Waals surface area contributed by atoms with Gasteiger partial charge < -0.3 is 10.6 Å². The van der Waals surface area contributed by atoms with Crippen molar-refractivity contribution in [3.8, 4) is 5.82 Å². The molecule has 1 atom stereocenters. The highest BCUT2D eigenvalue weighted by atomic mass is 16.1. The van der Waals surface area contributed by atoms with Gasteiger partial charge in [-0.3, -0.25) is 9.36 Å². The number of amides is 1. The minimum absolute atomic E-state index is 0.0654. The molecule has 0 unspecified atom stereocenters. The van der Waals surface area contributed by atoms with Crippen LogP contribution in [0.15, 0.2) is 91.4 Å². The van der Waals surface area contributed by atoms with Gasteiger partial charge in [-0.1, -0.05) is 48.0 Å². The maximum atomic E-state index is 12.6. The van der Waals surface area contributed by atoms with Crippen LogP contribution in [0.5, 0.6) is 0 Å². The summed E-state index contributed by atoms with van der Waals surface area (Å²) in [5.41, 5.74) is 5.21. The summed E-state index contributed by atoms with van der Waals surface area (Å²) in [5.74, 6) is 1.09. The van der Waals surface area contributed by atoms with Gasteiger partial charge in [0.1, 0.15) is 12.1 Å². The zero-order valence-electron chi connectivity index (χ0n) is 18.9. The van der Waals surface area contributed by atoms with E-state index in [1.165, 1.54) is 0 Å². The normalized spacial score (nSPS) is 11.8. The van der Waals surface area contributed by atoms with Gasteiger partial charge in [-0.25, -0.2) is 9.97 Å². The largest absolute Gasteiger partial charge is 0.348 e. The van der Waals surface area contributed by atoms with E-state index in [0.29, 0.717) is 23.0 Å². The van der Waals surface area contributed by atoms with E-state index < -0.39 is 0 Å². The van der Waals surface area contributed by atoms with Crippen LogP contribution in [-0.4, -0.2) is 25.4 Å². The Hall–Kier alpha value is -4.52. The van der Waals surface area contributed by atoms with Gasteiger partial charge in [0.25, 0.3) is 5.91 Å². The summed E-state index contributed by atoms with van der Waals surface area (Å²) >= 11 is 0. The molecule has 0 aliphatic heterocycles. The third-order valence-corrected chi connectivity index (χ3v) is 5.65. The lowest BCUT2D eigenvalue weighted by Gasteiger charge is -2.14. The number of aromatic nitrogens is 4. The van der Waals surface area contributed by atoms with Crippen molar-refractivity contribution in [2.24, 2.45) is 0 Å². The second-order valence-corrected chi connectivity index (χ2v) is 8.15. The fourth-order valence-corrected chi connectivity index (χ4v) is 3.75. The number of hydrogen-bond donors (Lipinski definition) is 2. The van der Waals surface area contributed by atoms with Crippen LogP contribution in [-0.2, 0) is 0 Å². The topological polar surface area (TPSA) is 84.7 Å². The second kappa shape index (κ2) is 9.15. The fourth-order valence-electron chi connectivity index (χ4n) is 3.75. The summed E-state index contributed by atoms with van der Waals surface area (Å²) < 4.78 is 1.90. The van der Waals surface area contributed by atoms with Gasteiger partial charge >= 0.3 is 0 Å². The molecule has 0 aliphatic carbocycles. The van der Waals surface area contributed by atoms with Crippen molar-refractivity contribution in [3.63, 3.8) is 0 Å². The summed E-state index contributed by atoms with van der Waals surface area (Å²) in [6.45, 7) is 4.07. The smallest absolute Gasteiger partial charge is 0.255 e. The van der Waals surface area contributed by atoms with Crippen molar-refractivity contribution in [1.82, 2.24) is 19.5 Å². The first-order valence-electron chi connectivity index (χ1n) is 11.1. The highest BCUT2D eigenvalue weighted by Crippen LogP contribution is 2.23. The van der Waals surface area contributed by atoms with Crippen LogP contribution in [0.25, 0.3) is 16.9 Å². The molecule has 0 radical (unpaired) electrons. The van der Waals surface area contributed by atoms with E-state index in [1.54, 1.807) is 12.5 Å². The Bertz CT molecular complexity index is 1440. The minimum atomic E-state index is -0.155. The van der Waals surface area contributed by atoms with E-state index >= 15 is 0 Å². The molecular formula is C27H24N6O. The standard InChI is InChI=1S/C27H24N6O/c1-18-8-10-21(11-9-18)26(34)31-22-12-13-24-23(16-22)29-17-33(24)25-14-15-28-27(32-25)30-19(2)20-6-4-3-5-7-20/h3-17,19H,1-2H3,(H,31,34)(H,28,30,32)/t19-/m0/s1. The van der Waals surface area contributed by atoms with Crippen LogP contribution in [0.4, 0.5) is 11.6 Å². The van der Waals surface area contributed by atoms with Gasteiger partial charge in [-0.2, -0.15) is 4.98 Å². The Morgan fingerprint density at radius 3 is 2.53 bits per heavy atom. The molecule has 0 spiro atoms. The van der Waals surface area contributed by atoms with Crippen LogP contribution in [0, 0.1) is 6.92 Å². The van der Waals surface area contributed by atoms with Gasteiger partial charge in [-0.15, -0.1) is 0 Å². The number of anilines is 2. The van der Waals surface area contributed by atoms with E-state index in [9.17, 15) is 4.79 Å². The second-order valence-electron chi connectivity index (χ2n) is 8.15. The molecule has 5 aromatic rings. The average molecular weight is 449 g/mol. The Labute approximate surface area is 197 Å². The van der Waals surface area contributed by atoms with Gasteiger partial charge in [-0.05, 0) is 55.8 Å². The molecule has 2 N–H and O–H groups in total. The molecule has 0 saturated carbocycles. The Morgan fingerprint density at radius 2 is 1.74 bits per heavy atom. The molecule has 0 fully saturated rings. The van der Waals surface area contributed by atoms with E-state index in [1.807, 2.05) is 78.2 Å². The van der Waals surface area contributed by atoms with Gasteiger partial charge in [0, 0.05) is 17.4 Å². The lowest BCUT2D eigenvalue weighted by Crippen LogP contribution is -2.11. The lowest BCUT2D eigenvalue weighted by molar-refractivity contribution is 0.102. The summed E-state index contributed by atoms with van der Waals surface area (Å²) in [6.07, 6.45) is 3.45. The number of carbonyl (C=O) groups is 1. The monoisotopic (exact) mass is 448 g/mol. The summed E-state index contributed by atoms with van der Waals surface area (Å²) in [6, 6.07) is 25.2. The van der Waals surface area contributed by atoms with Crippen molar-refractivity contribution in [2.75, 3.05) is 10.6 Å². The van der Waals surface area contributed by atoms with Crippen molar-refractivity contribution in [3.05, 3.63) is 108 Å². The zero-order chi connectivity index (χ0) is 23.5. The Morgan fingerprint density at radius 1 is 0.941 bits per heavy atom. The van der Waals surface area contributed by atoms with Crippen molar-refractivity contribution < 1.29 is 4.79 Å². The van der Waals surface area contributed by atoms with E-state index in [4.69, 9.17) is 0 Å². The number of aryl methyl sites for hydroxylation is 1. The maximum absolute atomic E-state index is 12.6. The number of rotatable bonds is 6. The molecule has 5 rings (SSSR count). The quantitative estimate of drug-likeness (QED) is 0.356. The van der Waals surface area contributed by atoms with E-state index in [2.05, 4.69) is 44.6 Å². The summed E-state index contributed by atoms with van der Waals surface area (Å²) in [7, 11) is 0. The predicted molar refractivity (Wildman–Crippen MR) is 134 cm³/mol. The van der Waals surface area contributed by atoms with E-state index in [0.717, 1.165) is 22.2 Å². The van der Waals surface area contributed by atoms with E-state index in [-0.39, 0.29) is 11.9 Å². The highest BCUT2D eigenvalue weighted by Gasteiger charge is 2.12. The third-order valence-electron chi connectivity index (χ3n) is 5.65.